The zero-order valence-corrected chi connectivity index (χ0v) is 8.02. The van der Waals surface area contributed by atoms with Crippen molar-refractivity contribution in [1.82, 2.24) is 0 Å². The van der Waals surface area contributed by atoms with Gasteiger partial charge in [-0.3, -0.25) is 9.59 Å². The molecule has 0 aromatic heterocycles. The predicted octanol–water partition coefficient (Wildman–Crippen LogP) is -0.0374. The summed E-state index contributed by atoms with van der Waals surface area (Å²) in [6, 6.07) is -1.05. The minimum absolute atomic E-state index is 0.261. The van der Waals surface area contributed by atoms with Gasteiger partial charge in [0.2, 0.25) is 0 Å². The van der Waals surface area contributed by atoms with Gasteiger partial charge in [-0.1, -0.05) is 0 Å². The van der Waals surface area contributed by atoms with Crippen LogP contribution in [0, 0.1) is 0 Å². The Morgan fingerprint density at radius 2 is 1.85 bits per heavy atom. The molecule has 2 N–H and O–H groups in total. The number of nitrogens with zero attached hydrogens (tertiary/aromatic N) is 2. The Morgan fingerprint density at radius 1 is 1.31 bits per heavy atom. The van der Waals surface area contributed by atoms with Crippen LogP contribution >= 0.6 is 24.4 Å². The molecule has 0 aliphatic rings. The predicted molar refractivity (Wildman–Crippen MR) is 52.7 cm³/mol. The lowest BCUT2D eigenvalue weighted by molar-refractivity contribution is -0.124. The third kappa shape index (κ3) is 5.19. The number of carbonyl (C=O) groups is 2. The van der Waals surface area contributed by atoms with Gasteiger partial charge in [0.1, 0.15) is 0 Å². The van der Waals surface area contributed by atoms with Crippen LogP contribution in [0.1, 0.15) is 6.42 Å². The molecule has 68 valence electrons. The number of rotatable bonds is 3. The molecule has 0 aliphatic heterocycles. The first-order valence-electron chi connectivity index (χ1n) is 3.09. The van der Waals surface area contributed by atoms with Crippen LogP contribution in [0.15, 0.2) is 9.98 Å². The van der Waals surface area contributed by atoms with Crippen LogP contribution in [0.4, 0.5) is 0 Å². The van der Waals surface area contributed by atoms with Gasteiger partial charge in [-0.2, -0.15) is 9.98 Å². The second-order valence-electron chi connectivity index (χ2n) is 1.95. The van der Waals surface area contributed by atoms with Crippen molar-refractivity contribution in [2.45, 2.75) is 12.5 Å². The van der Waals surface area contributed by atoms with E-state index in [0.717, 1.165) is 0 Å². The van der Waals surface area contributed by atoms with Crippen LogP contribution in [-0.2, 0) is 9.59 Å². The standard InChI is InChI=1S/C6H5N3O2S2/c7-4(6(11)9-3-13)1-5(10)8-2-12/h4H,1,7H2/t4-/m0/s1. The summed E-state index contributed by atoms with van der Waals surface area (Å²) in [6.45, 7) is 0. The van der Waals surface area contributed by atoms with Crippen molar-refractivity contribution in [3.63, 3.8) is 0 Å². The van der Waals surface area contributed by atoms with E-state index in [2.05, 4.69) is 34.4 Å². The number of hydrogen-bond donors (Lipinski definition) is 1. The quantitative estimate of drug-likeness (QED) is 0.527. The average Bonchev–Trinajstić information content (AvgIpc) is 2.05. The molecule has 0 spiro atoms. The van der Waals surface area contributed by atoms with Crippen molar-refractivity contribution in [3.8, 4) is 0 Å². The minimum atomic E-state index is -1.05. The highest BCUT2D eigenvalue weighted by Gasteiger charge is 2.15. The van der Waals surface area contributed by atoms with Gasteiger partial charge >= 0.3 is 0 Å². The third-order valence-electron chi connectivity index (χ3n) is 1.04. The fraction of sp³-hybridized carbons (Fsp3) is 0.333. The van der Waals surface area contributed by atoms with Gasteiger partial charge < -0.3 is 5.73 Å². The molecule has 0 bridgehead atoms. The zero-order valence-electron chi connectivity index (χ0n) is 6.39. The number of hydrogen-bond acceptors (Lipinski definition) is 5. The van der Waals surface area contributed by atoms with Crippen molar-refractivity contribution >= 4 is 46.6 Å². The maximum absolute atomic E-state index is 10.8. The molecule has 0 saturated carbocycles. The van der Waals surface area contributed by atoms with Gasteiger partial charge in [-0.25, -0.2) is 0 Å². The van der Waals surface area contributed by atoms with Crippen molar-refractivity contribution in [2.24, 2.45) is 15.7 Å². The molecule has 5 nitrogen and oxygen atoms in total. The highest BCUT2D eigenvalue weighted by atomic mass is 32.1. The number of carbonyl (C=O) groups excluding carboxylic acids is 2. The van der Waals surface area contributed by atoms with E-state index in [1.54, 1.807) is 0 Å². The van der Waals surface area contributed by atoms with Gasteiger partial charge in [-0.05, 0) is 24.4 Å². The molecule has 1 atom stereocenters. The van der Waals surface area contributed by atoms with Gasteiger partial charge in [0.25, 0.3) is 11.8 Å². The Morgan fingerprint density at radius 3 is 2.31 bits per heavy atom. The van der Waals surface area contributed by atoms with Crippen LogP contribution in [0.2, 0.25) is 0 Å². The topological polar surface area (TPSA) is 84.9 Å². The number of aliphatic imine (C=N–C) groups is 2. The van der Waals surface area contributed by atoms with Crippen LogP contribution < -0.4 is 5.73 Å². The van der Waals surface area contributed by atoms with E-state index in [1.165, 1.54) is 0 Å². The molecule has 0 heterocycles. The lowest BCUT2D eigenvalue weighted by atomic mass is 10.2. The number of thiocarbonyl (C=S) groups is 2. The fourth-order valence-electron chi connectivity index (χ4n) is 0.500. The normalized spacial score (nSPS) is 10.5. The van der Waals surface area contributed by atoms with E-state index >= 15 is 0 Å². The Balaban J connectivity index is 4.22. The second kappa shape index (κ2) is 6.42. The Bertz CT molecular complexity index is 316. The van der Waals surface area contributed by atoms with Gasteiger partial charge in [0.05, 0.1) is 22.8 Å². The summed E-state index contributed by atoms with van der Waals surface area (Å²) in [7, 11) is 0. The van der Waals surface area contributed by atoms with Crippen molar-refractivity contribution in [3.05, 3.63) is 0 Å². The van der Waals surface area contributed by atoms with Crippen molar-refractivity contribution in [2.75, 3.05) is 0 Å². The molecule has 0 unspecified atom stereocenters. The summed E-state index contributed by atoms with van der Waals surface area (Å²) in [5.41, 5.74) is 5.26. The van der Waals surface area contributed by atoms with E-state index in [0.29, 0.717) is 0 Å². The Labute approximate surface area is 84.7 Å². The summed E-state index contributed by atoms with van der Waals surface area (Å²) in [5.74, 6) is -1.32. The highest BCUT2D eigenvalue weighted by molar-refractivity contribution is 7.78. The lowest BCUT2D eigenvalue weighted by Gasteiger charge is -2.00. The molecule has 7 heteroatoms. The minimum Gasteiger partial charge on any atom is -0.319 e. The molecule has 0 aromatic carbocycles. The molecule has 0 rings (SSSR count). The molecule has 0 aromatic rings. The molecule has 0 radical (unpaired) electrons. The molecule has 13 heavy (non-hydrogen) atoms. The van der Waals surface area contributed by atoms with Crippen molar-refractivity contribution in [1.29, 1.82) is 0 Å². The van der Waals surface area contributed by atoms with Crippen LogP contribution in [-0.4, -0.2) is 28.2 Å². The van der Waals surface area contributed by atoms with E-state index in [4.69, 9.17) is 5.73 Å². The first-order chi connectivity index (χ1) is 6.11. The molecule has 0 fully saturated rings. The first-order valence-corrected chi connectivity index (χ1v) is 3.91. The maximum atomic E-state index is 10.8. The number of nitrogens with two attached hydrogens (primary N) is 1. The Kier molecular flexibility index (Phi) is 5.88. The van der Waals surface area contributed by atoms with E-state index in [9.17, 15) is 9.59 Å². The monoisotopic (exact) mass is 215 g/mol. The van der Waals surface area contributed by atoms with Gasteiger partial charge in [0, 0.05) is 0 Å². The molecule has 0 saturated heterocycles. The lowest BCUT2D eigenvalue weighted by Crippen LogP contribution is -2.31. The highest BCUT2D eigenvalue weighted by Crippen LogP contribution is 1.93. The van der Waals surface area contributed by atoms with E-state index in [1.807, 2.05) is 10.3 Å². The summed E-state index contributed by atoms with van der Waals surface area (Å²) in [5, 5.41) is 3.72. The van der Waals surface area contributed by atoms with E-state index < -0.39 is 17.9 Å². The molecular weight excluding hydrogens is 210 g/mol. The molecule has 0 aliphatic carbocycles. The molecule has 2 amide bonds. The molecular formula is C6H5N3O2S2. The van der Waals surface area contributed by atoms with E-state index in [-0.39, 0.29) is 6.42 Å². The summed E-state index contributed by atoms with van der Waals surface area (Å²) >= 11 is 8.36. The van der Waals surface area contributed by atoms with Crippen LogP contribution in [0.5, 0.6) is 0 Å². The van der Waals surface area contributed by atoms with Gasteiger partial charge in [0.15, 0.2) is 0 Å². The first kappa shape index (κ1) is 11.9. The summed E-state index contributed by atoms with van der Waals surface area (Å²) < 4.78 is 0. The third-order valence-corrected chi connectivity index (χ3v) is 1.22. The average molecular weight is 215 g/mol. The maximum Gasteiger partial charge on any atom is 0.271 e. The van der Waals surface area contributed by atoms with Crippen LogP contribution in [0.3, 0.4) is 0 Å². The largest absolute Gasteiger partial charge is 0.319 e. The van der Waals surface area contributed by atoms with Crippen molar-refractivity contribution < 1.29 is 9.59 Å². The summed E-state index contributed by atoms with van der Waals surface area (Å²) in [4.78, 5) is 27.8. The second-order valence-corrected chi connectivity index (χ2v) is 2.31. The summed E-state index contributed by atoms with van der Waals surface area (Å²) in [6.07, 6.45) is -0.261. The fourth-order valence-corrected chi connectivity index (χ4v) is 0.692. The number of amides is 2. The Hall–Kier alpha value is -1.10. The number of isothiocyanates is 2. The smallest absolute Gasteiger partial charge is 0.271 e. The van der Waals surface area contributed by atoms with Crippen LogP contribution in [0.25, 0.3) is 0 Å². The van der Waals surface area contributed by atoms with Gasteiger partial charge in [-0.15, -0.1) is 0 Å². The SMILES string of the molecule is N[C@@H](CC(=O)N=C=S)C(=O)N=C=S. The zero-order chi connectivity index (χ0) is 10.3.